The zero-order chi connectivity index (χ0) is 14.8. The normalized spacial score (nSPS) is 15.1. The first-order chi connectivity index (χ1) is 10.1. The molecule has 0 aliphatic heterocycles. The molecule has 1 fully saturated rings. The van der Waals surface area contributed by atoms with E-state index >= 15 is 0 Å². The molecule has 1 saturated carbocycles. The molecule has 6 heteroatoms. The van der Waals surface area contributed by atoms with Crippen LogP contribution in [-0.2, 0) is 13.1 Å². The van der Waals surface area contributed by atoms with Gasteiger partial charge in [0.25, 0.3) is 0 Å². The molecule has 0 spiro atoms. The molecular weight excluding hydrogens is 332 g/mol. The van der Waals surface area contributed by atoms with Crippen LogP contribution in [0.3, 0.4) is 0 Å². The molecule has 0 unspecified atom stereocenters. The van der Waals surface area contributed by atoms with Crippen LogP contribution in [0, 0.1) is 0 Å². The average Bonchev–Trinajstić information content (AvgIpc) is 3.21. The molecule has 0 saturated heterocycles. The van der Waals surface area contributed by atoms with Gasteiger partial charge in [-0.3, -0.25) is 9.88 Å². The molecule has 0 radical (unpaired) electrons. The molecule has 0 amide bonds. The number of hydrogen-bond donors (Lipinski definition) is 0. The van der Waals surface area contributed by atoms with Crippen LogP contribution >= 0.6 is 15.9 Å². The van der Waals surface area contributed by atoms with Gasteiger partial charge in [0.2, 0.25) is 0 Å². The van der Waals surface area contributed by atoms with Crippen molar-refractivity contribution < 1.29 is 4.52 Å². The monoisotopic (exact) mass is 350 g/mol. The van der Waals surface area contributed by atoms with Crippen LogP contribution in [0.5, 0.6) is 0 Å². The zero-order valence-electron chi connectivity index (χ0n) is 12.3. The van der Waals surface area contributed by atoms with Crippen molar-refractivity contribution in [2.24, 2.45) is 0 Å². The number of halogens is 1. The zero-order valence-corrected chi connectivity index (χ0v) is 13.9. The summed E-state index contributed by atoms with van der Waals surface area (Å²) in [4.78, 5) is 10.9. The molecule has 5 nitrogen and oxygen atoms in total. The summed E-state index contributed by atoms with van der Waals surface area (Å²) < 4.78 is 6.18. The Kier molecular flexibility index (Phi) is 4.35. The maximum absolute atomic E-state index is 5.42. The number of nitrogens with zero attached hydrogens (tertiary/aromatic N) is 4. The van der Waals surface area contributed by atoms with E-state index in [0.29, 0.717) is 12.0 Å². The number of hydrogen-bond acceptors (Lipinski definition) is 5. The first kappa shape index (κ1) is 14.7. The van der Waals surface area contributed by atoms with Crippen LogP contribution in [0.2, 0.25) is 0 Å². The molecule has 3 rings (SSSR count). The highest BCUT2D eigenvalue weighted by Crippen LogP contribution is 2.40. The van der Waals surface area contributed by atoms with Crippen LogP contribution < -0.4 is 0 Å². The van der Waals surface area contributed by atoms with Gasteiger partial charge in [-0.2, -0.15) is 0 Å². The molecule has 1 aliphatic carbocycles. The highest BCUT2D eigenvalue weighted by molar-refractivity contribution is 9.10. The minimum atomic E-state index is 0.400. The molecule has 0 N–H and O–H groups in total. The summed E-state index contributed by atoms with van der Waals surface area (Å²) in [5.41, 5.74) is 1.95. The van der Waals surface area contributed by atoms with Crippen molar-refractivity contribution >= 4 is 15.9 Å². The third-order valence-corrected chi connectivity index (χ3v) is 4.10. The van der Waals surface area contributed by atoms with Crippen LogP contribution in [0.15, 0.2) is 27.6 Å². The summed E-state index contributed by atoms with van der Waals surface area (Å²) in [6.45, 7) is 5.87. The second kappa shape index (κ2) is 6.23. The van der Waals surface area contributed by atoms with E-state index < -0.39 is 0 Å². The Hall–Kier alpha value is -1.27. The maximum atomic E-state index is 5.42. The Morgan fingerprint density at radius 2 is 2.00 bits per heavy atom. The maximum Gasteiger partial charge on any atom is 0.140 e. The van der Waals surface area contributed by atoms with Gasteiger partial charge in [0.05, 0.1) is 23.8 Å². The highest BCUT2D eigenvalue weighted by Gasteiger charge is 2.28. The Bertz CT molecular complexity index is 592. The van der Waals surface area contributed by atoms with E-state index in [1.54, 1.807) is 12.4 Å². The van der Waals surface area contributed by atoms with Gasteiger partial charge in [-0.1, -0.05) is 5.16 Å². The van der Waals surface area contributed by atoms with E-state index in [1.807, 2.05) is 0 Å². The first-order valence-corrected chi connectivity index (χ1v) is 8.07. The fourth-order valence-electron chi connectivity index (χ4n) is 2.22. The Balaban J connectivity index is 1.67. The van der Waals surface area contributed by atoms with E-state index in [1.165, 1.54) is 12.8 Å². The van der Waals surface area contributed by atoms with Crippen LogP contribution in [0.25, 0.3) is 0 Å². The van der Waals surface area contributed by atoms with Crippen molar-refractivity contribution in [2.45, 2.75) is 51.7 Å². The van der Waals surface area contributed by atoms with E-state index in [9.17, 15) is 0 Å². The summed E-state index contributed by atoms with van der Waals surface area (Å²) >= 11 is 3.31. The van der Waals surface area contributed by atoms with Gasteiger partial charge in [-0.25, -0.2) is 4.98 Å². The summed E-state index contributed by atoms with van der Waals surface area (Å²) in [5, 5.41) is 4.20. The summed E-state index contributed by atoms with van der Waals surface area (Å²) in [6.07, 6.45) is 6.00. The van der Waals surface area contributed by atoms with Crippen molar-refractivity contribution in [3.8, 4) is 0 Å². The number of aromatic nitrogens is 3. The van der Waals surface area contributed by atoms with Gasteiger partial charge in [0.15, 0.2) is 0 Å². The van der Waals surface area contributed by atoms with Gasteiger partial charge in [-0.05, 0) is 42.6 Å². The van der Waals surface area contributed by atoms with Crippen LogP contribution in [0.4, 0.5) is 0 Å². The summed E-state index contributed by atoms with van der Waals surface area (Å²) in [6, 6.07) is 2.50. The second-order valence-electron chi connectivity index (χ2n) is 5.82. The quantitative estimate of drug-likeness (QED) is 0.797. The minimum absolute atomic E-state index is 0.400. The predicted molar refractivity (Wildman–Crippen MR) is 82.6 cm³/mol. The second-order valence-corrected chi connectivity index (χ2v) is 6.64. The fraction of sp³-hybridized carbons (Fsp3) is 0.533. The largest absolute Gasteiger partial charge is 0.361 e. The summed E-state index contributed by atoms with van der Waals surface area (Å²) in [5.74, 6) is 1.65. The highest BCUT2D eigenvalue weighted by atomic mass is 79.9. The van der Waals surface area contributed by atoms with Gasteiger partial charge < -0.3 is 4.52 Å². The predicted octanol–water partition coefficient (Wildman–Crippen LogP) is 3.52. The number of rotatable bonds is 6. The van der Waals surface area contributed by atoms with Crippen molar-refractivity contribution in [1.29, 1.82) is 0 Å². The standard InChI is InChI=1S/C15H19BrN4O/c1-10(2)20(9-13-6-18-15(16)7-17-13)8-12-5-14(21-19-12)11-3-4-11/h5-7,10-11H,3-4,8-9H2,1-2H3. The van der Waals surface area contributed by atoms with Crippen molar-refractivity contribution in [1.82, 2.24) is 20.0 Å². The Morgan fingerprint density at radius 3 is 2.62 bits per heavy atom. The van der Waals surface area contributed by atoms with E-state index in [4.69, 9.17) is 4.52 Å². The molecular formula is C15H19BrN4O. The van der Waals surface area contributed by atoms with Crippen molar-refractivity contribution in [3.63, 3.8) is 0 Å². The lowest BCUT2D eigenvalue weighted by Gasteiger charge is -2.24. The third kappa shape index (κ3) is 3.89. The van der Waals surface area contributed by atoms with Gasteiger partial charge in [-0.15, -0.1) is 0 Å². The SMILES string of the molecule is CC(C)N(Cc1cnc(Br)cn1)Cc1cc(C2CC2)on1. The lowest BCUT2D eigenvalue weighted by Crippen LogP contribution is -2.30. The van der Waals surface area contributed by atoms with E-state index in [-0.39, 0.29) is 0 Å². The minimum Gasteiger partial charge on any atom is -0.361 e. The first-order valence-electron chi connectivity index (χ1n) is 7.28. The van der Waals surface area contributed by atoms with Crippen molar-refractivity contribution in [3.05, 3.63) is 40.2 Å². The van der Waals surface area contributed by atoms with Gasteiger partial charge >= 0.3 is 0 Å². The average molecular weight is 351 g/mol. The molecule has 2 heterocycles. The van der Waals surface area contributed by atoms with E-state index in [2.05, 4.69) is 55.9 Å². The van der Waals surface area contributed by atoms with Crippen LogP contribution in [0.1, 0.15) is 49.8 Å². The molecule has 0 atom stereocenters. The van der Waals surface area contributed by atoms with Gasteiger partial charge in [0, 0.05) is 31.1 Å². The fourth-order valence-corrected chi connectivity index (χ4v) is 2.43. The topological polar surface area (TPSA) is 55.1 Å². The molecule has 0 aromatic carbocycles. The molecule has 112 valence electrons. The van der Waals surface area contributed by atoms with Gasteiger partial charge in [0.1, 0.15) is 10.4 Å². The molecule has 1 aliphatic rings. The van der Waals surface area contributed by atoms with Crippen LogP contribution in [-0.4, -0.2) is 26.1 Å². The van der Waals surface area contributed by atoms with Crippen molar-refractivity contribution in [2.75, 3.05) is 0 Å². The third-order valence-electron chi connectivity index (χ3n) is 3.69. The van der Waals surface area contributed by atoms with E-state index in [0.717, 1.165) is 34.8 Å². The Morgan fingerprint density at radius 1 is 1.24 bits per heavy atom. The molecule has 2 aromatic heterocycles. The smallest absolute Gasteiger partial charge is 0.140 e. The molecule has 21 heavy (non-hydrogen) atoms. The lowest BCUT2D eigenvalue weighted by atomic mass is 10.2. The Labute approximate surface area is 132 Å². The summed E-state index contributed by atoms with van der Waals surface area (Å²) in [7, 11) is 0. The molecule has 2 aromatic rings. The lowest BCUT2D eigenvalue weighted by molar-refractivity contribution is 0.195. The molecule has 0 bridgehead atoms.